The number of anilines is 1. The molecule has 0 spiro atoms. The number of hydrogen-bond acceptors (Lipinski definition) is 3. The SMILES string of the molecule is NCc1ccc2c(n1)CC(=O)N2. The van der Waals surface area contributed by atoms with Crippen molar-refractivity contribution >= 4 is 11.6 Å². The molecule has 0 unspecified atom stereocenters. The molecule has 0 bridgehead atoms. The van der Waals surface area contributed by atoms with E-state index in [1.807, 2.05) is 12.1 Å². The van der Waals surface area contributed by atoms with Crippen LogP contribution < -0.4 is 11.1 Å². The predicted octanol–water partition coefficient (Wildman–Crippen LogP) is 0.0349. The molecular weight excluding hydrogens is 154 g/mol. The number of nitrogens with two attached hydrogens (primary N) is 1. The van der Waals surface area contributed by atoms with E-state index in [9.17, 15) is 4.79 Å². The monoisotopic (exact) mass is 163 g/mol. The number of rotatable bonds is 1. The second-order valence-electron chi connectivity index (χ2n) is 2.73. The van der Waals surface area contributed by atoms with Crippen LogP contribution in [0.25, 0.3) is 0 Å². The summed E-state index contributed by atoms with van der Waals surface area (Å²) in [5.74, 6) is 0.00618. The first-order valence-electron chi connectivity index (χ1n) is 3.78. The van der Waals surface area contributed by atoms with Crippen LogP contribution in [0.2, 0.25) is 0 Å². The van der Waals surface area contributed by atoms with E-state index in [4.69, 9.17) is 5.73 Å². The van der Waals surface area contributed by atoms with E-state index in [1.54, 1.807) is 0 Å². The maximum atomic E-state index is 10.9. The topological polar surface area (TPSA) is 68.0 Å². The number of carbonyl (C=O) groups is 1. The Hall–Kier alpha value is -1.42. The Bertz CT molecular complexity index is 335. The highest BCUT2D eigenvalue weighted by molar-refractivity contribution is 5.98. The number of amides is 1. The zero-order valence-corrected chi connectivity index (χ0v) is 6.50. The number of nitrogens with zero attached hydrogens (tertiary/aromatic N) is 1. The Labute approximate surface area is 69.8 Å². The smallest absolute Gasteiger partial charge is 0.230 e. The molecule has 4 nitrogen and oxygen atoms in total. The van der Waals surface area contributed by atoms with Gasteiger partial charge in [0.25, 0.3) is 0 Å². The van der Waals surface area contributed by atoms with E-state index in [1.165, 1.54) is 0 Å². The fourth-order valence-electron chi connectivity index (χ4n) is 1.26. The minimum Gasteiger partial charge on any atom is -0.325 e. The molecule has 4 heteroatoms. The Kier molecular flexibility index (Phi) is 1.55. The van der Waals surface area contributed by atoms with E-state index in [0.717, 1.165) is 17.1 Å². The fraction of sp³-hybridized carbons (Fsp3) is 0.250. The van der Waals surface area contributed by atoms with Crippen molar-refractivity contribution in [2.45, 2.75) is 13.0 Å². The average molecular weight is 163 g/mol. The summed E-state index contributed by atoms with van der Waals surface area (Å²) in [4.78, 5) is 15.1. The molecule has 2 heterocycles. The van der Waals surface area contributed by atoms with Crippen LogP contribution in [0.4, 0.5) is 5.69 Å². The Balaban J connectivity index is 2.41. The largest absolute Gasteiger partial charge is 0.325 e. The molecule has 0 fully saturated rings. The van der Waals surface area contributed by atoms with Gasteiger partial charge in [0, 0.05) is 6.54 Å². The highest BCUT2D eigenvalue weighted by atomic mass is 16.1. The molecule has 0 aliphatic carbocycles. The lowest BCUT2D eigenvalue weighted by atomic mass is 10.2. The molecule has 1 aliphatic rings. The standard InChI is InChI=1S/C8H9N3O/c9-4-5-1-2-6-7(10-5)3-8(12)11-6/h1-2H,3-4,9H2,(H,11,12). The van der Waals surface area contributed by atoms with Crippen molar-refractivity contribution in [1.82, 2.24) is 4.98 Å². The van der Waals surface area contributed by atoms with Crippen molar-refractivity contribution in [3.63, 3.8) is 0 Å². The first kappa shape index (κ1) is 7.24. The highest BCUT2D eigenvalue weighted by Crippen LogP contribution is 2.20. The Morgan fingerprint density at radius 2 is 2.42 bits per heavy atom. The van der Waals surface area contributed by atoms with Gasteiger partial charge in [-0.2, -0.15) is 0 Å². The van der Waals surface area contributed by atoms with Gasteiger partial charge in [-0.1, -0.05) is 0 Å². The molecule has 1 aromatic heterocycles. The van der Waals surface area contributed by atoms with Crippen molar-refractivity contribution in [2.75, 3.05) is 5.32 Å². The quantitative estimate of drug-likeness (QED) is 0.614. The minimum absolute atomic E-state index is 0.00618. The third-order valence-electron chi connectivity index (χ3n) is 1.84. The van der Waals surface area contributed by atoms with Gasteiger partial charge in [-0.05, 0) is 12.1 Å². The lowest BCUT2D eigenvalue weighted by Gasteiger charge is -1.99. The van der Waals surface area contributed by atoms with E-state index >= 15 is 0 Å². The molecule has 1 aliphatic heterocycles. The molecule has 1 amide bonds. The van der Waals surface area contributed by atoms with Gasteiger partial charge < -0.3 is 11.1 Å². The minimum atomic E-state index is 0.00618. The Morgan fingerprint density at radius 3 is 3.17 bits per heavy atom. The zero-order chi connectivity index (χ0) is 8.55. The molecule has 2 rings (SSSR count). The summed E-state index contributed by atoms with van der Waals surface area (Å²) in [7, 11) is 0. The number of nitrogens with one attached hydrogen (secondary N) is 1. The molecule has 12 heavy (non-hydrogen) atoms. The van der Waals surface area contributed by atoms with Crippen LogP contribution in [-0.2, 0) is 17.8 Å². The predicted molar refractivity (Wildman–Crippen MR) is 44.5 cm³/mol. The molecule has 0 atom stereocenters. The summed E-state index contributed by atoms with van der Waals surface area (Å²) in [5.41, 5.74) is 7.86. The number of fused-ring (bicyclic) bond motifs is 1. The zero-order valence-electron chi connectivity index (χ0n) is 6.50. The second kappa shape index (κ2) is 2.57. The summed E-state index contributed by atoms with van der Waals surface area (Å²) in [5, 5.41) is 2.71. The molecule has 0 radical (unpaired) electrons. The van der Waals surface area contributed by atoms with Crippen molar-refractivity contribution in [3.05, 3.63) is 23.5 Å². The molecule has 1 aromatic rings. The molecule has 0 aromatic carbocycles. The van der Waals surface area contributed by atoms with Crippen LogP contribution in [0, 0.1) is 0 Å². The molecule has 0 saturated heterocycles. The van der Waals surface area contributed by atoms with Gasteiger partial charge in [-0.15, -0.1) is 0 Å². The van der Waals surface area contributed by atoms with Crippen molar-refractivity contribution < 1.29 is 4.79 Å². The molecular formula is C8H9N3O. The summed E-state index contributed by atoms with van der Waals surface area (Å²) in [6.07, 6.45) is 0.378. The summed E-state index contributed by atoms with van der Waals surface area (Å²) in [6.45, 7) is 0.418. The summed E-state index contributed by atoms with van der Waals surface area (Å²) in [6, 6.07) is 3.67. The van der Waals surface area contributed by atoms with Gasteiger partial charge in [0.15, 0.2) is 0 Å². The molecule has 0 saturated carbocycles. The average Bonchev–Trinajstić information content (AvgIpc) is 2.43. The van der Waals surface area contributed by atoms with E-state index < -0.39 is 0 Å². The first-order valence-corrected chi connectivity index (χ1v) is 3.78. The van der Waals surface area contributed by atoms with Crippen molar-refractivity contribution in [2.24, 2.45) is 5.73 Å². The van der Waals surface area contributed by atoms with Crippen LogP contribution in [0.5, 0.6) is 0 Å². The first-order chi connectivity index (χ1) is 5.79. The fourth-order valence-corrected chi connectivity index (χ4v) is 1.26. The third-order valence-corrected chi connectivity index (χ3v) is 1.84. The third kappa shape index (κ3) is 1.06. The van der Waals surface area contributed by atoms with E-state index in [0.29, 0.717) is 13.0 Å². The van der Waals surface area contributed by atoms with Gasteiger partial charge in [-0.3, -0.25) is 9.78 Å². The maximum Gasteiger partial charge on any atom is 0.230 e. The highest BCUT2D eigenvalue weighted by Gasteiger charge is 2.18. The van der Waals surface area contributed by atoms with Crippen molar-refractivity contribution in [3.8, 4) is 0 Å². The lowest BCUT2D eigenvalue weighted by molar-refractivity contribution is -0.115. The Morgan fingerprint density at radius 1 is 1.58 bits per heavy atom. The van der Waals surface area contributed by atoms with Gasteiger partial charge in [0.2, 0.25) is 5.91 Å². The summed E-state index contributed by atoms with van der Waals surface area (Å²) < 4.78 is 0. The van der Waals surface area contributed by atoms with Crippen LogP contribution in [-0.4, -0.2) is 10.9 Å². The van der Waals surface area contributed by atoms with E-state index in [-0.39, 0.29) is 5.91 Å². The van der Waals surface area contributed by atoms with Gasteiger partial charge in [-0.25, -0.2) is 0 Å². The van der Waals surface area contributed by atoms with Crippen LogP contribution in [0.15, 0.2) is 12.1 Å². The number of hydrogen-bond donors (Lipinski definition) is 2. The van der Waals surface area contributed by atoms with Crippen LogP contribution >= 0.6 is 0 Å². The molecule has 62 valence electrons. The molecule has 3 N–H and O–H groups in total. The number of aromatic nitrogens is 1. The van der Waals surface area contributed by atoms with Gasteiger partial charge in [0.05, 0.1) is 23.5 Å². The normalized spacial score (nSPS) is 14.2. The maximum absolute atomic E-state index is 10.9. The second-order valence-corrected chi connectivity index (χ2v) is 2.73. The van der Waals surface area contributed by atoms with Crippen LogP contribution in [0.1, 0.15) is 11.4 Å². The van der Waals surface area contributed by atoms with Gasteiger partial charge in [0.1, 0.15) is 0 Å². The van der Waals surface area contributed by atoms with Gasteiger partial charge >= 0.3 is 0 Å². The lowest BCUT2D eigenvalue weighted by Crippen LogP contribution is -2.03. The number of carbonyl (C=O) groups excluding carboxylic acids is 1. The van der Waals surface area contributed by atoms with Crippen molar-refractivity contribution in [1.29, 1.82) is 0 Å². The number of pyridine rings is 1. The summed E-state index contributed by atoms with van der Waals surface area (Å²) >= 11 is 0. The van der Waals surface area contributed by atoms with Crippen LogP contribution in [0.3, 0.4) is 0 Å². The van der Waals surface area contributed by atoms with E-state index in [2.05, 4.69) is 10.3 Å².